The van der Waals surface area contributed by atoms with Crippen molar-refractivity contribution >= 4 is 22.8 Å². The molecule has 2 aromatic heterocycles. The highest BCUT2D eigenvalue weighted by Gasteiger charge is 2.06. The molecule has 6 nitrogen and oxygen atoms in total. The SMILES string of the molecule is CN(C)CCCNc1nc(N)nc2[nH]ccc12. The number of nitrogens with two attached hydrogens (primary N) is 1. The van der Waals surface area contributed by atoms with Crippen molar-refractivity contribution in [3.05, 3.63) is 12.3 Å². The van der Waals surface area contributed by atoms with Crippen molar-refractivity contribution in [3.63, 3.8) is 0 Å². The van der Waals surface area contributed by atoms with Crippen molar-refractivity contribution in [3.8, 4) is 0 Å². The average Bonchev–Trinajstić information content (AvgIpc) is 2.71. The number of aromatic amines is 1. The predicted molar refractivity (Wildman–Crippen MR) is 70.0 cm³/mol. The Morgan fingerprint density at radius 2 is 2.24 bits per heavy atom. The van der Waals surface area contributed by atoms with E-state index in [1.807, 2.05) is 12.3 Å². The number of nitrogens with zero attached hydrogens (tertiary/aromatic N) is 3. The maximum absolute atomic E-state index is 5.65. The van der Waals surface area contributed by atoms with Gasteiger partial charge in [0.05, 0.1) is 5.39 Å². The van der Waals surface area contributed by atoms with E-state index in [1.54, 1.807) is 0 Å². The minimum absolute atomic E-state index is 0.287. The van der Waals surface area contributed by atoms with Gasteiger partial charge in [0, 0.05) is 12.7 Å². The van der Waals surface area contributed by atoms with Crippen LogP contribution in [0.2, 0.25) is 0 Å². The molecule has 0 atom stereocenters. The van der Waals surface area contributed by atoms with Crippen LogP contribution in [0.4, 0.5) is 11.8 Å². The van der Waals surface area contributed by atoms with Crippen LogP contribution in [0.1, 0.15) is 6.42 Å². The van der Waals surface area contributed by atoms with Crippen LogP contribution in [0.25, 0.3) is 11.0 Å². The van der Waals surface area contributed by atoms with Gasteiger partial charge in [0.15, 0.2) is 0 Å². The van der Waals surface area contributed by atoms with E-state index >= 15 is 0 Å². The topological polar surface area (TPSA) is 82.9 Å². The molecule has 0 bridgehead atoms. The summed E-state index contributed by atoms with van der Waals surface area (Å²) in [6.45, 7) is 1.92. The highest BCUT2D eigenvalue weighted by atomic mass is 15.1. The van der Waals surface area contributed by atoms with Crippen LogP contribution in [0, 0.1) is 0 Å². The smallest absolute Gasteiger partial charge is 0.223 e. The summed E-state index contributed by atoms with van der Waals surface area (Å²) in [6.07, 6.45) is 2.90. The number of aromatic nitrogens is 3. The Morgan fingerprint density at radius 1 is 1.41 bits per heavy atom. The molecular weight excluding hydrogens is 216 g/mol. The molecule has 0 aliphatic heterocycles. The highest BCUT2D eigenvalue weighted by Crippen LogP contribution is 2.19. The van der Waals surface area contributed by atoms with E-state index in [1.165, 1.54) is 0 Å². The molecule has 0 aromatic carbocycles. The molecule has 0 saturated carbocycles. The Kier molecular flexibility index (Phi) is 3.43. The summed E-state index contributed by atoms with van der Waals surface area (Å²) in [7, 11) is 4.13. The number of hydrogen-bond acceptors (Lipinski definition) is 5. The number of fused-ring (bicyclic) bond motifs is 1. The minimum Gasteiger partial charge on any atom is -0.369 e. The molecule has 0 fully saturated rings. The Balaban J connectivity index is 2.04. The number of H-pyrrole nitrogens is 1. The lowest BCUT2D eigenvalue weighted by Crippen LogP contribution is -2.17. The van der Waals surface area contributed by atoms with E-state index in [9.17, 15) is 0 Å². The highest BCUT2D eigenvalue weighted by molar-refractivity contribution is 5.87. The maximum atomic E-state index is 5.65. The molecule has 2 rings (SSSR count). The van der Waals surface area contributed by atoms with Crippen molar-refractivity contribution < 1.29 is 0 Å². The molecule has 0 amide bonds. The molecule has 0 spiro atoms. The van der Waals surface area contributed by atoms with E-state index in [4.69, 9.17) is 5.73 Å². The molecule has 2 aromatic rings. The van der Waals surface area contributed by atoms with E-state index < -0.39 is 0 Å². The lowest BCUT2D eigenvalue weighted by Gasteiger charge is -2.10. The first-order valence-electron chi connectivity index (χ1n) is 5.66. The molecule has 0 aliphatic rings. The maximum Gasteiger partial charge on any atom is 0.223 e. The summed E-state index contributed by atoms with van der Waals surface area (Å²) in [5, 5.41) is 4.27. The second-order valence-corrected chi connectivity index (χ2v) is 4.25. The van der Waals surface area contributed by atoms with E-state index in [0.717, 1.165) is 36.4 Å². The summed E-state index contributed by atoms with van der Waals surface area (Å²) < 4.78 is 0. The molecule has 92 valence electrons. The van der Waals surface area contributed by atoms with Crippen molar-refractivity contribution in [2.24, 2.45) is 0 Å². The number of nitrogen functional groups attached to an aromatic ring is 1. The first-order valence-corrected chi connectivity index (χ1v) is 5.66. The first kappa shape index (κ1) is 11.7. The Bertz CT molecular complexity index is 490. The van der Waals surface area contributed by atoms with Gasteiger partial charge in [-0.2, -0.15) is 9.97 Å². The van der Waals surface area contributed by atoms with Gasteiger partial charge in [-0.3, -0.25) is 0 Å². The van der Waals surface area contributed by atoms with Gasteiger partial charge in [0.2, 0.25) is 5.95 Å². The Morgan fingerprint density at radius 3 is 3.00 bits per heavy atom. The average molecular weight is 234 g/mol. The first-order chi connectivity index (χ1) is 8.16. The molecule has 0 aliphatic carbocycles. The Hall–Kier alpha value is -1.82. The number of hydrogen-bond donors (Lipinski definition) is 3. The molecule has 0 unspecified atom stereocenters. The molecule has 0 saturated heterocycles. The molecule has 6 heteroatoms. The van der Waals surface area contributed by atoms with Gasteiger partial charge in [0.25, 0.3) is 0 Å². The zero-order valence-corrected chi connectivity index (χ0v) is 10.2. The lowest BCUT2D eigenvalue weighted by molar-refractivity contribution is 0.405. The summed E-state index contributed by atoms with van der Waals surface area (Å²) >= 11 is 0. The zero-order valence-electron chi connectivity index (χ0n) is 10.2. The fourth-order valence-corrected chi connectivity index (χ4v) is 1.70. The van der Waals surface area contributed by atoms with Gasteiger partial charge in [-0.15, -0.1) is 0 Å². The second-order valence-electron chi connectivity index (χ2n) is 4.25. The fourth-order valence-electron chi connectivity index (χ4n) is 1.70. The zero-order chi connectivity index (χ0) is 12.3. The second kappa shape index (κ2) is 5.01. The largest absolute Gasteiger partial charge is 0.369 e. The molecule has 2 heterocycles. The van der Waals surface area contributed by atoms with Gasteiger partial charge in [-0.25, -0.2) is 0 Å². The van der Waals surface area contributed by atoms with Crippen molar-refractivity contribution in [1.29, 1.82) is 0 Å². The van der Waals surface area contributed by atoms with Crippen LogP contribution in [-0.2, 0) is 0 Å². The van der Waals surface area contributed by atoms with E-state index in [0.29, 0.717) is 0 Å². The molecular formula is C11H18N6. The van der Waals surface area contributed by atoms with Crippen LogP contribution in [0.15, 0.2) is 12.3 Å². The summed E-state index contributed by atoms with van der Waals surface area (Å²) in [4.78, 5) is 13.5. The van der Waals surface area contributed by atoms with Gasteiger partial charge in [0.1, 0.15) is 11.5 Å². The number of anilines is 2. The van der Waals surface area contributed by atoms with Gasteiger partial charge < -0.3 is 20.9 Å². The van der Waals surface area contributed by atoms with Crippen molar-refractivity contribution in [2.75, 3.05) is 38.2 Å². The van der Waals surface area contributed by atoms with Crippen LogP contribution < -0.4 is 11.1 Å². The Labute approximate surface area is 100 Å². The number of rotatable bonds is 5. The molecule has 17 heavy (non-hydrogen) atoms. The van der Waals surface area contributed by atoms with E-state index in [-0.39, 0.29) is 5.95 Å². The fraction of sp³-hybridized carbons (Fsp3) is 0.455. The quantitative estimate of drug-likeness (QED) is 0.670. The van der Waals surface area contributed by atoms with Gasteiger partial charge in [-0.1, -0.05) is 0 Å². The van der Waals surface area contributed by atoms with Crippen LogP contribution in [-0.4, -0.2) is 47.0 Å². The summed E-state index contributed by atoms with van der Waals surface area (Å²) in [5.41, 5.74) is 6.42. The third-order valence-corrected chi connectivity index (χ3v) is 2.51. The van der Waals surface area contributed by atoms with Crippen LogP contribution >= 0.6 is 0 Å². The van der Waals surface area contributed by atoms with Gasteiger partial charge in [-0.05, 0) is 33.1 Å². The van der Waals surface area contributed by atoms with Crippen molar-refractivity contribution in [2.45, 2.75) is 6.42 Å². The molecule has 0 radical (unpaired) electrons. The minimum atomic E-state index is 0.287. The summed E-state index contributed by atoms with van der Waals surface area (Å²) in [6, 6.07) is 1.95. The number of nitrogens with one attached hydrogen (secondary N) is 2. The summed E-state index contributed by atoms with van der Waals surface area (Å²) in [5.74, 6) is 1.09. The van der Waals surface area contributed by atoms with Crippen LogP contribution in [0.3, 0.4) is 0 Å². The predicted octanol–water partition coefficient (Wildman–Crippen LogP) is 0.904. The monoisotopic (exact) mass is 234 g/mol. The van der Waals surface area contributed by atoms with E-state index in [2.05, 4.69) is 39.3 Å². The lowest BCUT2D eigenvalue weighted by atomic mass is 10.3. The third-order valence-electron chi connectivity index (χ3n) is 2.51. The van der Waals surface area contributed by atoms with Crippen molar-refractivity contribution in [1.82, 2.24) is 19.9 Å². The van der Waals surface area contributed by atoms with Crippen LogP contribution in [0.5, 0.6) is 0 Å². The standard InChI is InChI=1S/C11H18N6/c1-17(2)7-3-5-13-9-8-4-6-14-10(8)16-11(12)15-9/h4,6H,3,5,7H2,1-2H3,(H4,12,13,14,15,16). The third kappa shape index (κ3) is 2.85. The molecule has 4 N–H and O–H groups in total. The normalized spacial score (nSPS) is 11.2. The van der Waals surface area contributed by atoms with Gasteiger partial charge >= 0.3 is 0 Å².